The highest BCUT2D eigenvalue weighted by molar-refractivity contribution is 6.33. The lowest BCUT2D eigenvalue weighted by atomic mass is 10.2. The number of aromatic nitrogens is 2. The largest absolute Gasteiger partial charge is 0.484 e. The average molecular weight is 406 g/mol. The van der Waals surface area contributed by atoms with Crippen LogP contribution in [0.3, 0.4) is 0 Å². The molecule has 138 valence electrons. The summed E-state index contributed by atoms with van der Waals surface area (Å²) >= 11 is 12.4. The summed E-state index contributed by atoms with van der Waals surface area (Å²) in [6.45, 7) is 1.28. The highest BCUT2D eigenvalue weighted by Gasteiger charge is 2.18. The van der Waals surface area contributed by atoms with Gasteiger partial charge < -0.3 is 14.8 Å². The Labute approximate surface area is 165 Å². The summed E-state index contributed by atoms with van der Waals surface area (Å²) in [6.07, 6.45) is 1.65. The SMILES string of the molecule is Fc1ccc(Cl)c(CNc2ccc(-c3nc4c(cc3Cl)OCCO4)cn2)c1. The van der Waals surface area contributed by atoms with Crippen LogP contribution < -0.4 is 14.8 Å². The molecule has 0 unspecified atom stereocenters. The maximum atomic E-state index is 13.3. The molecular weight excluding hydrogens is 392 g/mol. The molecule has 4 rings (SSSR count). The topological polar surface area (TPSA) is 56.3 Å². The van der Waals surface area contributed by atoms with Crippen LogP contribution in [0.5, 0.6) is 11.6 Å². The molecule has 8 heteroatoms. The highest BCUT2D eigenvalue weighted by atomic mass is 35.5. The van der Waals surface area contributed by atoms with Gasteiger partial charge in [-0.05, 0) is 35.9 Å². The van der Waals surface area contributed by atoms with E-state index in [4.69, 9.17) is 32.7 Å². The Kier molecular flexibility index (Phi) is 5.01. The summed E-state index contributed by atoms with van der Waals surface area (Å²) < 4.78 is 24.3. The number of fused-ring (bicyclic) bond motifs is 1. The Bertz CT molecular complexity index is 983. The molecule has 0 aliphatic carbocycles. The van der Waals surface area contributed by atoms with E-state index in [1.54, 1.807) is 18.3 Å². The molecular formula is C19H14Cl2FN3O2. The minimum atomic E-state index is -0.334. The van der Waals surface area contributed by atoms with Crippen LogP contribution >= 0.6 is 23.2 Å². The van der Waals surface area contributed by atoms with Crippen molar-refractivity contribution >= 4 is 29.0 Å². The van der Waals surface area contributed by atoms with Crippen molar-refractivity contribution in [1.82, 2.24) is 9.97 Å². The second kappa shape index (κ2) is 7.58. The van der Waals surface area contributed by atoms with Gasteiger partial charge in [-0.3, -0.25) is 0 Å². The minimum absolute atomic E-state index is 0.334. The number of benzene rings is 1. The van der Waals surface area contributed by atoms with Gasteiger partial charge >= 0.3 is 0 Å². The van der Waals surface area contributed by atoms with Gasteiger partial charge in [0.15, 0.2) is 5.75 Å². The molecule has 1 aliphatic rings. The quantitative estimate of drug-likeness (QED) is 0.663. The Morgan fingerprint density at radius 1 is 1.04 bits per heavy atom. The standard InChI is InChI=1S/C19H14Cl2FN3O2/c20-14-3-2-13(22)7-12(14)10-24-17-4-1-11(9-23-17)18-15(21)8-16-19(25-18)27-6-5-26-16/h1-4,7-9H,5-6,10H2,(H,23,24). The number of nitrogens with zero attached hydrogens (tertiary/aromatic N) is 2. The fourth-order valence-corrected chi connectivity index (χ4v) is 3.09. The van der Waals surface area contributed by atoms with Crippen molar-refractivity contribution in [2.75, 3.05) is 18.5 Å². The van der Waals surface area contributed by atoms with Gasteiger partial charge in [0.1, 0.15) is 24.8 Å². The van der Waals surface area contributed by atoms with Gasteiger partial charge in [-0.15, -0.1) is 0 Å². The van der Waals surface area contributed by atoms with E-state index < -0.39 is 0 Å². The molecule has 0 saturated heterocycles. The van der Waals surface area contributed by atoms with Crippen LogP contribution in [-0.2, 0) is 6.54 Å². The maximum absolute atomic E-state index is 13.3. The van der Waals surface area contributed by atoms with E-state index in [0.717, 1.165) is 5.56 Å². The molecule has 27 heavy (non-hydrogen) atoms. The molecule has 0 amide bonds. The summed E-state index contributed by atoms with van der Waals surface area (Å²) in [7, 11) is 0. The van der Waals surface area contributed by atoms with Crippen LogP contribution in [0.1, 0.15) is 5.56 Å². The van der Waals surface area contributed by atoms with Crippen LogP contribution in [0.2, 0.25) is 10.0 Å². The molecule has 1 N–H and O–H groups in total. The van der Waals surface area contributed by atoms with E-state index >= 15 is 0 Å². The third-order valence-corrected chi connectivity index (χ3v) is 4.65. The van der Waals surface area contributed by atoms with Crippen molar-refractivity contribution in [3.8, 4) is 22.9 Å². The summed E-state index contributed by atoms with van der Waals surface area (Å²) in [5, 5.41) is 4.06. The van der Waals surface area contributed by atoms with Crippen LogP contribution in [0.15, 0.2) is 42.6 Å². The van der Waals surface area contributed by atoms with Crippen molar-refractivity contribution in [2.45, 2.75) is 6.54 Å². The molecule has 0 saturated carbocycles. The Balaban J connectivity index is 1.51. The second-order valence-corrected chi connectivity index (χ2v) is 6.65. The fourth-order valence-electron chi connectivity index (χ4n) is 2.66. The van der Waals surface area contributed by atoms with Gasteiger partial charge in [0.05, 0.1) is 10.7 Å². The van der Waals surface area contributed by atoms with Crippen molar-refractivity contribution in [2.24, 2.45) is 0 Å². The average Bonchev–Trinajstić information content (AvgIpc) is 2.68. The summed E-state index contributed by atoms with van der Waals surface area (Å²) in [4.78, 5) is 8.79. The van der Waals surface area contributed by atoms with Crippen molar-refractivity contribution < 1.29 is 13.9 Å². The number of halogens is 3. The van der Waals surface area contributed by atoms with E-state index in [2.05, 4.69) is 15.3 Å². The third-order valence-electron chi connectivity index (χ3n) is 3.99. The molecule has 0 bridgehead atoms. The van der Waals surface area contributed by atoms with Crippen molar-refractivity contribution in [3.05, 3.63) is 64.0 Å². The van der Waals surface area contributed by atoms with Gasteiger partial charge in [-0.1, -0.05) is 23.2 Å². The van der Waals surface area contributed by atoms with Gasteiger partial charge in [0.25, 0.3) is 5.88 Å². The Morgan fingerprint density at radius 3 is 2.70 bits per heavy atom. The first-order valence-electron chi connectivity index (χ1n) is 8.20. The zero-order valence-electron chi connectivity index (χ0n) is 14.0. The predicted octanol–water partition coefficient (Wildman–Crippen LogP) is 4.97. The van der Waals surface area contributed by atoms with Crippen LogP contribution in [0, 0.1) is 5.82 Å². The lowest BCUT2D eigenvalue weighted by molar-refractivity contribution is 0.164. The first-order chi connectivity index (χ1) is 13.1. The molecule has 1 aliphatic heterocycles. The van der Waals surface area contributed by atoms with Crippen LogP contribution in [0.25, 0.3) is 11.3 Å². The number of nitrogens with one attached hydrogen (secondary N) is 1. The Hall–Kier alpha value is -2.57. The maximum Gasteiger partial charge on any atom is 0.257 e. The monoisotopic (exact) mass is 405 g/mol. The van der Waals surface area contributed by atoms with Crippen molar-refractivity contribution in [1.29, 1.82) is 0 Å². The van der Waals surface area contributed by atoms with Gasteiger partial charge in [-0.25, -0.2) is 14.4 Å². The number of hydrogen-bond donors (Lipinski definition) is 1. The predicted molar refractivity (Wildman–Crippen MR) is 102 cm³/mol. The highest BCUT2D eigenvalue weighted by Crippen LogP contribution is 2.36. The second-order valence-electron chi connectivity index (χ2n) is 5.84. The molecule has 0 atom stereocenters. The van der Waals surface area contributed by atoms with Crippen LogP contribution in [0.4, 0.5) is 10.2 Å². The molecule has 2 aromatic heterocycles. The molecule has 0 spiro atoms. The van der Waals surface area contributed by atoms with E-state index in [1.807, 2.05) is 6.07 Å². The molecule has 0 radical (unpaired) electrons. The van der Waals surface area contributed by atoms with Gasteiger partial charge in [0, 0.05) is 29.4 Å². The normalized spacial score (nSPS) is 12.7. The number of pyridine rings is 2. The van der Waals surface area contributed by atoms with Gasteiger partial charge in [-0.2, -0.15) is 0 Å². The smallest absolute Gasteiger partial charge is 0.257 e. The molecule has 3 aromatic rings. The van der Waals surface area contributed by atoms with E-state index in [1.165, 1.54) is 18.2 Å². The number of ether oxygens (including phenoxy) is 2. The zero-order chi connectivity index (χ0) is 18.8. The molecule has 0 fully saturated rings. The fraction of sp³-hybridized carbons (Fsp3) is 0.158. The van der Waals surface area contributed by atoms with E-state index in [9.17, 15) is 4.39 Å². The molecule has 5 nitrogen and oxygen atoms in total. The van der Waals surface area contributed by atoms with Gasteiger partial charge in [0.2, 0.25) is 0 Å². The zero-order valence-corrected chi connectivity index (χ0v) is 15.5. The van der Waals surface area contributed by atoms with Crippen molar-refractivity contribution in [3.63, 3.8) is 0 Å². The lowest BCUT2D eigenvalue weighted by Gasteiger charge is -2.18. The van der Waals surface area contributed by atoms with E-state index in [-0.39, 0.29) is 5.82 Å². The molecule has 3 heterocycles. The summed E-state index contributed by atoms with van der Waals surface area (Å²) in [5.74, 6) is 1.24. The lowest BCUT2D eigenvalue weighted by Crippen LogP contribution is -2.16. The minimum Gasteiger partial charge on any atom is -0.484 e. The van der Waals surface area contributed by atoms with E-state index in [0.29, 0.717) is 58.5 Å². The summed E-state index contributed by atoms with van der Waals surface area (Å²) in [5.41, 5.74) is 1.96. The van der Waals surface area contributed by atoms with Crippen LogP contribution in [-0.4, -0.2) is 23.2 Å². The first kappa shape index (κ1) is 17.8. The number of anilines is 1. The third kappa shape index (κ3) is 3.91. The number of hydrogen-bond acceptors (Lipinski definition) is 5. The summed E-state index contributed by atoms with van der Waals surface area (Å²) in [6, 6.07) is 9.56. The number of rotatable bonds is 4. The first-order valence-corrected chi connectivity index (χ1v) is 8.96. The molecule has 1 aromatic carbocycles. The Morgan fingerprint density at radius 2 is 1.89 bits per heavy atom.